The van der Waals surface area contributed by atoms with Crippen molar-refractivity contribution < 1.29 is 14.4 Å². The zero-order valence-electron chi connectivity index (χ0n) is 15.2. The molecule has 136 valence electrons. The van der Waals surface area contributed by atoms with Gasteiger partial charge in [0, 0.05) is 5.69 Å². The quantitative estimate of drug-likeness (QED) is 0.654. The molecule has 2 aliphatic carbocycles. The van der Waals surface area contributed by atoms with Crippen molar-refractivity contribution in [1.29, 1.82) is 0 Å². The fourth-order valence-corrected chi connectivity index (χ4v) is 4.85. The highest BCUT2D eigenvalue weighted by Crippen LogP contribution is 2.52. The number of likely N-dealkylation sites (tertiary alicyclic amines) is 1. The van der Waals surface area contributed by atoms with Gasteiger partial charge in [0.1, 0.15) is 6.54 Å². The second-order valence-corrected chi connectivity index (χ2v) is 7.47. The Morgan fingerprint density at radius 2 is 1.58 bits per heavy atom. The lowest BCUT2D eigenvalue weighted by Gasteiger charge is -2.19. The molecule has 1 N–H and O–H groups in total. The van der Waals surface area contributed by atoms with Crippen LogP contribution in [0.5, 0.6) is 0 Å². The number of allylic oxidation sites excluding steroid dienone is 2. The predicted molar refractivity (Wildman–Crippen MR) is 98.3 cm³/mol. The van der Waals surface area contributed by atoms with Crippen LogP contribution in [0, 0.1) is 23.7 Å². The van der Waals surface area contributed by atoms with Crippen molar-refractivity contribution in [2.45, 2.75) is 33.1 Å². The Kier molecular flexibility index (Phi) is 4.17. The number of carbonyl (C=O) groups is 3. The second-order valence-electron chi connectivity index (χ2n) is 7.47. The highest BCUT2D eigenvalue weighted by Gasteiger charge is 2.59. The predicted octanol–water partition coefficient (Wildman–Crippen LogP) is 2.56. The molecule has 1 aromatic carbocycles. The van der Waals surface area contributed by atoms with Crippen molar-refractivity contribution in [1.82, 2.24) is 4.90 Å². The molecule has 4 atom stereocenters. The Bertz CT molecular complexity index is 761. The standard InChI is InChI=1S/C21H24N2O3/c1-3-12-6-5-7-13(4-2)19(12)22-16(24)11-23-20(25)17-14-8-9-15(10-14)18(17)21(23)26/h5-9,14-15,17-18H,3-4,10-11H2,1-2H3,(H,22,24). The van der Waals surface area contributed by atoms with Crippen LogP contribution in [-0.2, 0) is 27.2 Å². The minimum absolute atomic E-state index is 0.169. The first kappa shape index (κ1) is 17.0. The molecule has 26 heavy (non-hydrogen) atoms. The minimum Gasteiger partial charge on any atom is -0.324 e. The zero-order valence-corrected chi connectivity index (χ0v) is 15.2. The number of amides is 3. The van der Waals surface area contributed by atoms with Gasteiger partial charge in [0.2, 0.25) is 17.7 Å². The van der Waals surface area contributed by atoms with Gasteiger partial charge in [-0.2, -0.15) is 0 Å². The van der Waals surface area contributed by atoms with Crippen LogP contribution in [0.25, 0.3) is 0 Å². The molecule has 3 aliphatic rings. The molecule has 2 bridgehead atoms. The maximum absolute atomic E-state index is 12.7. The Labute approximate surface area is 153 Å². The van der Waals surface area contributed by atoms with Gasteiger partial charge in [0.15, 0.2) is 0 Å². The molecule has 4 rings (SSSR count). The SMILES string of the molecule is CCc1cccc(CC)c1NC(=O)CN1C(=O)C2C3C=CC(C3)C2C1=O. The molecule has 2 fully saturated rings. The van der Waals surface area contributed by atoms with E-state index in [0.717, 1.165) is 36.1 Å². The molecule has 1 aromatic rings. The third-order valence-corrected chi connectivity index (χ3v) is 6.13. The maximum Gasteiger partial charge on any atom is 0.244 e. The zero-order chi connectivity index (χ0) is 18.4. The van der Waals surface area contributed by atoms with Crippen molar-refractivity contribution in [2.24, 2.45) is 23.7 Å². The van der Waals surface area contributed by atoms with Crippen molar-refractivity contribution in [3.63, 3.8) is 0 Å². The van der Waals surface area contributed by atoms with E-state index in [1.165, 1.54) is 4.90 Å². The van der Waals surface area contributed by atoms with Gasteiger partial charge >= 0.3 is 0 Å². The summed E-state index contributed by atoms with van der Waals surface area (Å²) in [6, 6.07) is 5.98. The minimum atomic E-state index is -0.303. The van der Waals surface area contributed by atoms with Gasteiger partial charge < -0.3 is 5.32 Å². The van der Waals surface area contributed by atoms with Crippen LogP contribution in [0.1, 0.15) is 31.4 Å². The topological polar surface area (TPSA) is 66.5 Å². The summed E-state index contributed by atoms with van der Waals surface area (Å²) < 4.78 is 0. The number of nitrogens with zero attached hydrogens (tertiary/aromatic N) is 1. The summed E-state index contributed by atoms with van der Waals surface area (Å²) in [5.74, 6) is -0.816. The lowest BCUT2D eigenvalue weighted by atomic mass is 9.85. The van der Waals surface area contributed by atoms with Gasteiger partial charge in [-0.25, -0.2) is 0 Å². The van der Waals surface area contributed by atoms with Crippen LogP contribution in [0.2, 0.25) is 0 Å². The highest BCUT2D eigenvalue weighted by molar-refractivity contribution is 6.09. The van der Waals surface area contributed by atoms with Crippen molar-refractivity contribution in [3.8, 4) is 0 Å². The van der Waals surface area contributed by atoms with Crippen molar-refractivity contribution >= 4 is 23.4 Å². The smallest absolute Gasteiger partial charge is 0.244 e. The lowest BCUT2D eigenvalue weighted by molar-refractivity contribution is -0.143. The van der Waals surface area contributed by atoms with Gasteiger partial charge in [-0.15, -0.1) is 0 Å². The summed E-state index contributed by atoms with van der Waals surface area (Å²) in [4.78, 5) is 39.2. The third kappa shape index (κ3) is 2.49. The highest BCUT2D eigenvalue weighted by atomic mass is 16.2. The molecule has 0 aromatic heterocycles. The number of rotatable bonds is 5. The molecule has 1 saturated heterocycles. The number of anilines is 1. The number of hydrogen-bond donors (Lipinski definition) is 1. The summed E-state index contributed by atoms with van der Waals surface area (Å²) >= 11 is 0. The van der Waals surface area contributed by atoms with Crippen LogP contribution < -0.4 is 5.32 Å². The van der Waals surface area contributed by atoms with Gasteiger partial charge in [-0.3, -0.25) is 19.3 Å². The summed E-state index contributed by atoms with van der Waals surface area (Å²) in [5.41, 5.74) is 2.95. The lowest BCUT2D eigenvalue weighted by Crippen LogP contribution is -2.39. The monoisotopic (exact) mass is 352 g/mol. The summed E-state index contributed by atoms with van der Waals surface area (Å²) in [6.45, 7) is 3.90. The van der Waals surface area contributed by atoms with Crippen LogP contribution in [0.15, 0.2) is 30.4 Å². The first-order chi connectivity index (χ1) is 12.5. The average molecular weight is 352 g/mol. The number of nitrogens with one attached hydrogen (secondary N) is 1. The van der Waals surface area contributed by atoms with E-state index in [0.29, 0.717) is 0 Å². The van der Waals surface area contributed by atoms with E-state index < -0.39 is 0 Å². The largest absolute Gasteiger partial charge is 0.324 e. The van der Waals surface area contributed by atoms with Gasteiger partial charge in [0.05, 0.1) is 11.8 Å². The van der Waals surface area contributed by atoms with Crippen molar-refractivity contribution in [3.05, 3.63) is 41.5 Å². The molecule has 1 heterocycles. The number of aryl methyl sites for hydroxylation is 2. The number of fused-ring (bicyclic) bond motifs is 5. The molecule has 0 radical (unpaired) electrons. The van der Waals surface area contributed by atoms with Crippen LogP contribution in [0.3, 0.4) is 0 Å². The molecule has 3 amide bonds. The Balaban J connectivity index is 1.50. The van der Waals surface area contributed by atoms with E-state index in [2.05, 4.69) is 17.5 Å². The van der Waals surface area contributed by atoms with E-state index >= 15 is 0 Å². The summed E-state index contributed by atoms with van der Waals surface area (Å²) in [7, 11) is 0. The van der Waals surface area contributed by atoms with Gasteiger partial charge in [-0.05, 0) is 42.2 Å². The average Bonchev–Trinajstić information content (AvgIpc) is 3.32. The van der Waals surface area contributed by atoms with E-state index in [1.54, 1.807) is 0 Å². The molecular weight excluding hydrogens is 328 g/mol. The second kappa shape index (κ2) is 6.38. The Hall–Kier alpha value is -2.43. The molecule has 1 aliphatic heterocycles. The first-order valence-corrected chi connectivity index (χ1v) is 9.49. The summed E-state index contributed by atoms with van der Waals surface area (Å²) in [6.07, 6.45) is 6.64. The van der Waals surface area contributed by atoms with Crippen LogP contribution >= 0.6 is 0 Å². The molecule has 5 nitrogen and oxygen atoms in total. The molecular formula is C21H24N2O3. The van der Waals surface area contributed by atoms with Crippen LogP contribution in [-0.4, -0.2) is 29.2 Å². The molecule has 4 unspecified atom stereocenters. The number of imide groups is 1. The number of hydrogen-bond acceptors (Lipinski definition) is 3. The fourth-order valence-electron chi connectivity index (χ4n) is 4.85. The van der Waals surface area contributed by atoms with E-state index in [4.69, 9.17) is 0 Å². The number of benzene rings is 1. The number of carbonyl (C=O) groups excluding carboxylic acids is 3. The van der Waals surface area contributed by atoms with E-state index in [-0.39, 0.29) is 47.9 Å². The van der Waals surface area contributed by atoms with Gasteiger partial charge in [-0.1, -0.05) is 44.2 Å². The Morgan fingerprint density at radius 3 is 2.08 bits per heavy atom. The first-order valence-electron chi connectivity index (χ1n) is 9.49. The Morgan fingerprint density at radius 1 is 1.04 bits per heavy atom. The number of para-hydroxylation sites is 1. The van der Waals surface area contributed by atoms with E-state index in [1.807, 2.05) is 32.0 Å². The van der Waals surface area contributed by atoms with Crippen molar-refractivity contribution in [2.75, 3.05) is 11.9 Å². The summed E-state index contributed by atoms with van der Waals surface area (Å²) in [5, 5.41) is 2.95. The molecule has 0 spiro atoms. The maximum atomic E-state index is 12.7. The van der Waals surface area contributed by atoms with Gasteiger partial charge in [0.25, 0.3) is 0 Å². The normalized spacial score (nSPS) is 28.8. The third-order valence-electron chi connectivity index (χ3n) is 6.13. The molecule has 1 saturated carbocycles. The molecule has 5 heteroatoms. The van der Waals surface area contributed by atoms with Crippen LogP contribution in [0.4, 0.5) is 5.69 Å². The fraction of sp³-hybridized carbons (Fsp3) is 0.476. The van der Waals surface area contributed by atoms with E-state index in [9.17, 15) is 14.4 Å².